The second-order valence-corrected chi connectivity index (χ2v) is 5.60. The molecule has 0 aliphatic carbocycles. The SMILES string of the molecule is OC[C@H]1OC(c2ccc3ccc4cccnc4c3n2)CC1O. The lowest BCUT2D eigenvalue weighted by molar-refractivity contribution is -0.0235. The molecule has 5 heteroatoms. The lowest BCUT2D eigenvalue weighted by atomic mass is 10.1. The van der Waals surface area contributed by atoms with Crippen molar-refractivity contribution in [1.82, 2.24) is 9.97 Å². The van der Waals surface area contributed by atoms with Crippen molar-refractivity contribution in [2.45, 2.75) is 24.7 Å². The minimum atomic E-state index is -0.655. The van der Waals surface area contributed by atoms with E-state index < -0.39 is 12.2 Å². The number of fused-ring (bicyclic) bond motifs is 3. The van der Waals surface area contributed by atoms with Crippen LogP contribution in [0, 0.1) is 0 Å². The highest BCUT2D eigenvalue weighted by Crippen LogP contribution is 2.33. The van der Waals surface area contributed by atoms with Gasteiger partial charge in [-0.1, -0.05) is 24.3 Å². The molecule has 1 aliphatic heterocycles. The molecule has 1 aromatic carbocycles. The topological polar surface area (TPSA) is 75.5 Å². The van der Waals surface area contributed by atoms with Gasteiger partial charge in [0.05, 0.1) is 29.4 Å². The fourth-order valence-corrected chi connectivity index (χ4v) is 3.00. The number of nitrogens with zero attached hydrogens (tertiary/aromatic N) is 2. The molecule has 2 aromatic heterocycles. The molecule has 3 atom stereocenters. The van der Waals surface area contributed by atoms with Crippen LogP contribution in [-0.2, 0) is 4.74 Å². The van der Waals surface area contributed by atoms with Gasteiger partial charge in [0, 0.05) is 23.4 Å². The highest BCUT2D eigenvalue weighted by Gasteiger charge is 2.35. The third kappa shape index (κ3) is 2.14. The molecular formula is C17H16N2O3. The molecule has 3 heterocycles. The summed E-state index contributed by atoms with van der Waals surface area (Å²) in [6, 6.07) is 11.9. The Bertz CT molecular complexity index is 836. The first-order valence-electron chi connectivity index (χ1n) is 7.35. The molecule has 0 radical (unpaired) electrons. The van der Waals surface area contributed by atoms with Crippen molar-refractivity contribution in [2.75, 3.05) is 6.61 Å². The molecule has 2 unspecified atom stereocenters. The van der Waals surface area contributed by atoms with Gasteiger partial charge in [0.1, 0.15) is 12.2 Å². The van der Waals surface area contributed by atoms with Crippen LogP contribution in [0.15, 0.2) is 42.6 Å². The monoisotopic (exact) mass is 296 g/mol. The zero-order chi connectivity index (χ0) is 15.1. The zero-order valence-corrected chi connectivity index (χ0v) is 11.9. The van der Waals surface area contributed by atoms with E-state index in [-0.39, 0.29) is 12.7 Å². The molecule has 2 N–H and O–H groups in total. The average molecular weight is 296 g/mol. The number of hydrogen-bond donors (Lipinski definition) is 2. The summed E-state index contributed by atoms with van der Waals surface area (Å²) in [5.41, 5.74) is 2.46. The van der Waals surface area contributed by atoms with Gasteiger partial charge in [-0.15, -0.1) is 0 Å². The van der Waals surface area contributed by atoms with Crippen molar-refractivity contribution < 1.29 is 14.9 Å². The van der Waals surface area contributed by atoms with E-state index in [1.165, 1.54) is 0 Å². The molecule has 0 amide bonds. The van der Waals surface area contributed by atoms with Crippen LogP contribution in [0.4, 0.5) is 0 Å². The van der Waals surface area contributed by atoms with Crippen LogP contribution >= 0.6 is 0 Å². The largest absolute Gasteiger partial charge is 0.394 e. The van der Waals surface area contributed by atoms with Crippen LogP contribution in [0.5, 0.6) is 0 Å². The Labute approximate surface area is 127 Å². The first-order chi connectivity index (χ1) is 10.8. The minimum absolute atomic E-state index is 0.185. The van der Waals surface area contributed by atoms with E-state index >= 15 is 0 Å². The number of ether oxygens (including phenoxy) is 1. The summed E-state index contributed by atoms with van der Waals surface area (Å²) < 4.78 is 5.69. The third-order valence-corrected chi connectivity index (χ3v) is 4.19. The van der Waals surface area contributed by atoms with E-state index in [9.17, 15) is 10.2 Å². The van der Waals surface area contributed by atoms with Gasteiger partial charge in [-0.25, -0.2) is 4.98 Å². The molecule has 0 spiro atoms. The standard InChI is InChI=1S/C17H16N2O3/c20-9-15-13(21)8-14(22-15)12-6-5-11-4-3-10-2-1-7-18-16(10)17(11)19-12/h1-7,13-15,20-21H,8-9H2/t13?,14?,15-/m1/s1. The number of rotatable bonds is 2. The second-order valence-electron chi connectivity index (χ2n) is 5.60. The smallest absolute Gasteiger partial charge is 0.107 e. The summed E-state index contributed by atoms with van der Waals surface area (Å²) in [6.07, 6.45) is 0.720. The third-order valence-electron chi connectivity index (χ3n) is 4.19. The van der Waals surface area contributed by atoms with Gasteiger partial charge in [-0.2, -0.15) is 0 Å². The lowest BCUT2D eigenvalue weighted by Crippen LogP contribution is -2.24. The summed E-state index contributed by atoms with van der Waals surface area (Å²) in [4.78, 5) is 9.14. The number of aromatic nitrogens is 2. The van der Waals surface area contributed by atoms with Gasteiger partial charge in [-0.05, 0) is 12.1 Å². The Morgan fingerprint density at radius 2 is 1.86 bits per heavy atom. The molecular weight excluding hydrogens is 280 g/mol. The highest BCUT2D eigenvalue weighted by atomic mass is 16.5. The minimum Gasteiger partial charge on any atom is -0.394 e. The molecule has 3 aromatic rings. The highest BCUT2D eigenvalue weighted by molar-refractivity contribution is 6.02. The molecule has 5 nitrogen and oxygen atoms in total. The van der Waals surface area contributed by atoms with Crippen molar-refractivity contribution in [3.05, 3.63) is 48.3 Å². The molecule has 0 bridgehead atoms. The van der Waals surface area contributed by atoms with Gasteiger partial charge >= 0.3 is 0 Å². The maximum Gasteiger partial charge on any atom is 0.107 e. The van der Waals surface area contributed by atoms with E-state index in [0.29, 0.717) is 6.42 Å². The normalized spacial score (nSPS) is 25.1. The molecule has 22 heavy (non-hydrogen) atoms. The molecule has 112 valence electrons. The van der Waals surface area contributed by atoms with Gasteiger partial charge < -0.3 is 14.9 Å². The van der Waals surface area contributed by atoms with Gasteiger partial charge in [-0.3, -0.25) is 4.98 Å². The first kappa shape index (κ1) is 13.6. The van der Waals surface area contributed by atoms with Crippen LogP contribution < -0.4 is 0 Å². The van der Waals surface area contributed by atoms with Crippen molar-refractivity contribution in [3.8, 4) is 0 Å². The number of benzene rings is 1. The maximum absolute atomic E-state index is 9.88. The van der Waals surface area contributed by atoms with E-state index in [1.54, 1.807) is 6.20 Å². The summed E-state index contributed by atoms with van der Waals surface area (Å²) in [6.45, 7) is -0.185. The van der Waals surface area contributed by atoms with Gasteiger partial charge in [0.2, 0.25) is 0 Å². The number of aliphatic hydroxyl groups excluding tert-OH is 2. The Morgan fingerprint density at radius 1 is 1.09 bits per heavy atom. The fourth-order valence-electron chi connectivity index (χ4n) is 3.00. The summed E-state index contributed by atoms with van der Waals surface area (Å²) >= 11 is 0. The van der Waals surface area contributed by atoms with Crippen LogP contribution in [0.2, 0.25) is 0 Å². The van der Waals surface area contributed by atoms with E-state index in [0.717, 1.165) is 27.5 Å². The Hall–Kier alpha value is -2.08. The van der Waals surface area contributed by atoms with Crippen LogP contribution in [0.25, 0.3) is 21.8 Å². The maximum atomic E-state index is 9.88. The zero-order valence-electron chi connectivity index (χ0n) is 11.9. The van der Waals surface area contributed by atoms with E-state index in [2.05, 4.69) is 4.98 Å². The van der Waals surface area contributed by atoms with Gasteiger partial charge in [0.25, 0.3) is 0 Å². The quantitative estimate of drug-likeness (QED) is 0.707. The van der Waals surface area contributed by atoms with Crippen molar-refractivity contribution in [2.24, 2.45) is 0 Å². The van der Waals surface area contributed by atoms with Crippen molar-refractivity contribution in [1.29, 1.82) is 0 Å². The molecule has 0 saturated carbocycles. The number of hydrogen-bond acceptors (Lipinski definition) is 5. The predicted molar refractivity (Wildman–Crippen MR) is 82.4 cm³/mol. The molecule has 1 aliphatic rings. The summed E-state index contributed by atoms with van der Waals surface area (Å²) in [5.74, 6) is 0. The van der Waals surface area contributed by atoms with Crippen LogP contribution in [0.3, 0.4) is 0 Å². The summed E-state index contributed by atoms with van der Waals surface area (Å²) in [7, 11) is 0. The number of pyridine rings is 2. The van der Waals surface area contributed by atoms with Crippen LogP contribution in [-0.4, -0.2) is 39.0 Å². The Morgan fingerprint density at radius 3 is 2.64 bits per heavy atom. The predicted octanol–water partition coefficient (Wildman–Crippen LogP) is 1.97. The van der Waals surface area contributed by atoms with E-state index in [4.69, 9.17) is 9.72 Å². The molecule has 4 rings (SSSR count). The fraction of sp³-hybridized carbons (Fsp3) is 0.294. The lowest BCUT2D eigenvalue weighted by Gasteiger charge is -2.12. The Balaban J connectivity index is 1.82. The van der Waals surface area contributed by atoms with Crippen molar-refractivity contribution >= 4 is 21.8 Å². The van der Waals surface area contributed by atoms with Crippen molar-refractivity contribution in [3.63, 3.8) is 0 Å². The summed E-state index contributed by atoms with van der Waals surface area (Å²) in [5, 5.41) is 21.1. The Kier molecular flexibility index (Phi) is 3.26. The van der Waals surface area contributed by atoms with Gasteiger partial charge in [0.15, 0.2) is 0 Å². The molecule has 1 fully saturated rings. The number of aliphatic hydroxyl groups is 2. The van der Waals surface area contributed by atoms with E-state index in [1.807, 2.05) is 36.4 Å². The first-order valence-corrected chi connectivity index (χ1v) is 7.35. The molecule has 1 saturated heterocycles. The average Bonchev–Trinajstić information content (AvgIpc) is 2.95. The second kappa shape index (κ2) is 5.28. The van der Waals surface area contributed by atoms with Crippen LogP contribution in [0.1, 0.15) is 18.2 Å².